The fraction of sp³-hybridized carbons (Fsp3) is 0.435. The van der Waals surface area contributed by atoms with Crippen molar-refractivity contribution in [1.82, 2.24) is 14.8 Å². The van der Waals surface area contributed by atoms with Crippen molar-refractivity contribution in [2.24, 2.45) is 0 Å². The van der Waals surface area contributed by atoms with Crippen molar-refractivity contribution in [3.05, 3.63) is 58.9 Å². The van der Waals surface area contributed by atoms with Gasteiger partial charge in [-0.2, -0.15) is 0 Å². The second-order valence-corrected chi connectivity index (χ2v) is 7.20. The molecule has 3 rings (SSSR count). The van der Waals surface area contributed by atoms with E-state index in [2.05, 4.69) is 22.0 Å². The molecule has 1 amide bonds. The zero-order valence-corrected chi connectivity index (χ0v) is 17.9. The summed E-state index contributed by atoms with van der Waals surface area (Å²) in [5.74, 6) is 0.368. The highest BCUT2D eigenvalue weighted by Crippen LogP contribution is 2.16. The Kier molecular flexibility index (Phi) is 7.41. The first-order chi connectivity index (χ1) is 14.5. The number of benzene rings is 1. The second kappa shape index (κ2) is 10.2. The van der Waals surface area contributed by atoms with Gasteiger partial charge in [0, 0.05) is 32.7 Å². The van der Waals surface area contributed by atoms with Gasteiger partial charge < -0.3 is 14.4 Å². The number of ether oxygens (including phenoxy) is 2. The summed E-state index contributed by atoms with van der Waals surface area (Å²) in [5.41, 5.74) is 2.49. The second-order valence-electron chi connectivity index (χ2n) is 7.20. The van der Waals surface area contributed by atoms with E-state index in [0.29, 0.717) is 43.3 Å². The molecule has 7 heteroatoms. The van der Waals surface area contributed by atoms with Gasteiger partial charge in [0.15, 0.2) is 0 Å². The number of rotatable bonds is 7. The van der Waals surface area contributed by atoms with E-state index in [1.165, 1.54) is 5.56 Å². The molecule has 7 nitrogen and oxygen atoms in total. The van der Waals surface area contributed by atoms with E-state index >= 15 is 0 Å². The van der Waals surface area contributed by atoms with Crippen LogP contribution in [0.3, 0.4) is 0 Å². The van der Waals surface area contributed by atoms with E-state index in [-0.39, 0.29) is 5.91 Å². The Balaban J connectivity index is 1.55. The van der Waals surface area contributed by atoms with Crippen LogP contribution in [0.5, 0.6) is 5.75 Å². The normalized spacial score (nSPS) is 14.4. The van der Waals surface area contributed by atoms with Gasteiger partial charge in [0.1, 0.15) is 11.4 Å². The predicted molar refractivity (Wildman–Crippen MR) is 114 cm³/mol. The van der Waals surface area contributed by atoms with Gasteiger partial charge in [-0.3, -0.25) is 9.69 Å². The van der Waals surface area contributed by atoms with E-state index in [4.69, 9.17) is 9.47 Å². The zero-order valence-electron chi connectivity index (χ0n) is 17.9. The summed E-state index contributed by atoms with van der Waals surface area (Å²) in [4.78, 5) is 33.3. The van der Waals surface area contributed by atoms with Crippen molar-refractivity contribution in [1.29, 1.82) is 0 Å². The molecule has 0 N–H and O–H groups in total. The minimum absolute atomic E-state index is 0.103. The Bertz CT molecular complexity index is 875. The quantitative estimate of drug-likeness (QED) is 0.653. The predicted octanol–water partition coefficient (Wildman–Crippen LogP) is 2.92. The van der Waals surface area contributed by atoms with Crippen LogP contribution in [0.25, 0.3) is 0 Å². The summed E-state index contributed by atoms with van der Waals surface area (Å²) in [6.45, 7) is 10.2. The number of carbonyl (C=O) groups is 2. The topological polar surface area (TPSA) is 72.0 Å². The summed E-state index contributed by atoms with van der Waals surface area (Å²) in [6, 6.07) is 11.4. The molecular weight excluding hydrogens is 382 g/mol. The molecule has 160 valence electrons. The Labute approximate surface area is 177 Å². The minimum Gasteiger partial charge on any atom is -0.494 e. The monoisotopic (exact) mass is 411 g/mol. The molecule has 0 bridgehead atoms. The van der Waals surface area contributed by atoms with Crippen LogP contribution in [0, 0.1) is 6.92 Å². The maximum Gasteiger partial charge on any atom is 0.339 e. The lowest BCUT2D eigenvalue weighted by molar-refractivity contribution is 0.0522. The fourth-order valence-electron chi connectivity index (χ4n) is 3.49. The summed E-state index contributed by atoms with van der Waals surface area (Å²) >= 11 is 0. The number of nitrogens with zero attached hydrogens (tertiary/aromatic N) is 3. The highest BCUT2D eigenvalue weighted by Gasteiger charge is 2.24. The Morgan fingerprint density at radius 1 is 0.967 bits per heavy atom. The first kappa shape index (κ1) is 21.8. The maximum absolute atomic E-state index is 12.8. The van der Waals surface area contributed by atoms with E-state index in [1.54, 1.807) is 26.0 Å². The van der Waals surface area contributed by atoms with Crippen molar-refractivity contribution in [3.63, 3.8) is 0 Å². The summed E-state index contributed by atoms with van der Waals surface area (Å²) in [6.07, 6.45) is 0. The molecule has 0 spiro atoms. The van der Waals surface area contributed by atoms with Crippen LogP contribution in [0.4, 0.5) is 0 Å². The summed E-state index contributed by atoms with van der Waals surface area (Å²) < 4.78 is 10.5. The average Bonchev–Trinajstić information content (AvgIpc) is 2.75. The van der Waals surface area contributed by atoms with Crippen LogP contribution < -0.4 is 4.74 Å². The molecule has 30 heavy (non-hydrogen) atoms. The number of hydrogen-bond donors (Lipinski definition) is 0. The van der Waals surface area contributed by atoms with E-state index < -0.39 is 5.97 Å². The van der Waals surface area contributed by atoms with Crippen LogP contribution in [0.15, 0.2) is 36.4 Å². The van der Waals surface area contributed by atoms with Gasteiger partial charge >= 0.3 is 5.97 Å². The molecule has 2 heterocycles. The van der Waals surface area contributed by atoms with Crippen LogP contribution >= 0.6 is 0 Å². The maximum atomic E-state index is 12.8. The van der Waals surface area contributed by atoms with Crippen molar-refractivity contribution < 1.29 is 19.1 Å². The van der Waals surface area contributed by atoms with Crippen LogP contribution in [0.1, 0.15) is 46.0 Å². The van der Waals surface area contributed by atoms with Crippen molar-refractivity contribution >= 4 is 11.9 Å². The van der Waals surface area contributed by atoms with Gasteiger partial charge in [-0.1, -0.05) is 12.1 Å². The van der Waals surface area contributed by atoms with Gasteiger partial charge in [-0.15, -0.1) is 0 Å². The lowest BCUT2D eigenvalue weighted by atomic mass is 10.1. The number of aromatic nitrogens is 1. The summed E-state index contributed by atoms with van der Waals surface area (Å²) in [5, 5.41) is 0. The average molecular weight is 412 g/mol. The number of carbonyl (C=O) groups excluding carboxylic acids is 2. The Morgan fingerprint density at radius 3 is 2.27 bits per heavy atom. The van der Waals surface area contributed by atoms with Gasteiger partial charge in [-0.25, -0.2) is 9.78 Å². The van der Waals surface area contributed by atoms with Gasteiger partial charge in [-0.05, 0) is 50.6 Å². The molecule has 2 aromatic rings. The number of hydrogen-bond acceptors (Lipinski definition) is 6. The molecule has 0 aliphatic carbocycles. The zero-order chi connectivity index (χ0) is 21.5. The van der Waals surface area contributed by atoms with E-state index in [0.717, 1.165) is 25.4 Å². The number of piperazine rings is 1. The van der Waals surface area contributed by atoms with E-state index in [1.807, 2.05) is 24.0 Å². The highest BCUT2D eigenvalue weighted by molar-refractivity contribution is 5.95. The smallest absolute Gasteiger partial charge is 0.339 e. The molecule has 1 aliphatic heterocycles. The summed E-state index contributed by atoms with van der Waals surface area (Å²) in [7, 11) is 0. The SMILES string of the molecule is CCOC(=O)c1ccc(C(=O)N2CCN(Cc3ccc(OCC)cc3)CC2)nc1C. The third-order valence-corrected chi connectivity index (χ3v) is 5.10. The number of esters is 1. The molecular formula is C23H29N3O4. The van der Waals surface area contributed by atoms with Crippen molar-refractivity contribution in [2.75, 3.05) is 39.4 Å². The Morgan fingerprint density at radius 2 is 1.67 bits per heavy atom. The molecule has 1 fully saturated rings. The lowest BCUT2D eigenvalue weighted by Crippen LogP contribution is -2.48. The molecule has 1 aromatic heterocycles. The number of amides is 1. The molecule has 1 saturated heterocycles. The third-order valence-electron chi connectivity index (χ3n) is 5.10. The van der Waals surface area contributed by atoms with E-state index in [9.17, 15) is 9.59 Å². The molecule has 0 atom stereocenters. The van der Waals surface area contributed by atoms with Gasteiger partial charge in [0.25, 0.3) is 5.91 Å². The Hall–Kier alpha value is -2.93. The minimum atomic E-state index is -0.413. The van der Waals surface area contributed by atoms with Crippen LogP contribution in [-0.4, -0.2) is 66.1 Å². The molecule has 1 aliphatic rings. The fourth-order valence-corrected chi connectivity index (χ4v) is 3.49. The van der Waals surface area contributed by atoms with Crippen molar-refractivity contribution in [3.8, 4) is 5.75 Å². The van der Waals surface area contributed by atoms with Crippen LogP contribution in [0.2, 0.25) is 0 Å². The largest absolute Gasteiger partial charge is 0.494 e. The molecule has 1 aromatic carbocycles. The molecule has 0 saturated carbocycles. The van der Waals surface area contributed by atoms with Gasteiger partial charge in [0.2, 0.25) is 0 Å². The molecule has 0 unspecified atom stereocenters. The standard InChI is InChI=1S/C23H29N3O4/c1-4-29-19-8-6-18(7-9-19)16-25-12-14-26(15-13-25)22(27)21-11-10-20(17(3)24-21)23(28)30-5-2/h6-11H,4-5,12-16H2,1-3H3. The highest BCUT2D eigenvalue weighted by atomic mass is 16.5. The van der Waals surface area contributed by atoms with Gasteiger partial charge in [0.05, 0.1) is 24.5 Å². The first-order valence-corrected chi connectivity index (χ1v) is 10.4. The first-order valence-electron chi connectivity index (χ1n) is 10.4. The number of aryl methyl sites for hydroxylation is 1. The van der Waals surface area contributed by atoms with Crippen molar-refractivity contribution in [2.45, 2.75) is 27.3 Å². The number of pyridine rings is 1. The third kappa shape index (κ3) is 5.36. The lowest BCUT2D eigenvalue weighted by Gasteiger charge is -2.34. The molecule has 0 radical (unpaired) electrons. The van der Waals surface area contributed by atoms with Crippen LogP contribution in [-0.2, 0) is 11.3 Å².